The van der Waals surface area contributed by atoms with Gasteiger partial charge in [-0.2, -0.15) is 0 Å². The molecule has 0 amide bonds. The van der Waals surface area contributed by atoms with Gasteiger partial charge in [0.25, 0.3) is 0 Å². The fourth-order valence-corrected chi connectivity index (χ4v) is 4.05. The van der Waals surface area contributed by atoms with Crippen LogP contribution < -0.4 is 5.73 Å². The highest BCUT2D eigenvalue weighted by molar-refractivity contribution is 6.20. The van der Waals surface area contributed by atoms with Crippen molar-refractivity contribution in [2.24, 2.45) is 0 Å². The number of carbonyl (C=O) groups is 1. The molecular weight excluding hydrogens is 366 g/mol. The van der Waals surface area contributed by atoms with Crippen LogP contribution in [0.1, 0.15) is 47.0 Å². The van der Waals surface area contributed by atoms with Gasteiger partial charge in [0.15, 0.2) is 12.0 Å². The molecule has 2 aromatic carbocycles. The van der Waals surface area contributed by atoms with Crippen LogP contribution in [-0.2, 0) is 4.74 Å². The maximum atomic E-state index is 13.5. The SMILES string of the molecule is Cc1cc(C(=O)c2cccc3c2nnn3C2CCCCO2)c(N)c2cccnc12. The minimum atomic E-state index is -0.168. The van der Waals surface area contributed by atoms with Gasteiger partial charge in [0.05, 0.1) is 22.3 Å². The molecule has 2 aromatic heterocycles. The number of ketones is 1. The average Bonchev–Trinajstić information content (AvgIpc) is 3.21. The lowest BCUT2D eigenvalue weighted by Crippen LogP contribution is -2.19. The van der Waals surface area contributed by atoms with E-state index in [9.17, 15) is 4.79 Å². The monoisotopic (exact) mass is 387 g/mol. The Morgan fingerprint density at radius 3 is 2.90 bits per heavy atom. The average molecular weight is 387 g/mol. The summed E-state index contributed by atoms with van der Waals surface area (Å²) in [7, 11) is 0. The highest BCUT2D eigenvalue weighted by Crippen LogP contribution is 2.31. The van der Waals surface area contributed by atoms with Crippen LogP contribution in [0, 0.1) is 6.92 Å². The predicted molar refractivity (Wildman–Crippen MR) is 111 cm³/mol. The third kappa shape index (κ3) is 2.86. The number of aryl methyl sites for hydroxylation is 1. The van der Waals surface area contributed by atoms with Gasteiger partial charge in [0, 0.05) is 23.8 Å². The van der Waals surface area contributed by atoms with E-state index in [0.29, 0.717) is 28.9 Å². The van der Waals surface area contributed by atoms with E-state index < -0.39 is 0 Å². The van der Waals surface area contributed by atoms with E-state index in [0.717, 1.165) is 41.2 Å². The molecule has 0 spiro atoms. The maximum absolute atomic E-state index is 13.5. The third-order valence-corrected chi connectivity index (χ3v) is 5.54. The number of nitrogens with zero attached hydrogens (tertiary/aromatic N) is 4. The Kier molecular flexibility index (Phi) is 4.24. The number of pyridine rings is 1. The summed E-state index contributed by atoms with van der Waals surface area (Å²) in [5.74, 6) is -0.168. The van der Waals surface area contributed by atoms with Crippen molar-refractivity contribution in [1.29, 1.82) is 0 Å². The molecule has 1 fully saturated rings. The maximum Gasteiger partial charge on any atom is 0.197 e. The molecule has 146 valence electrons. The van der Waals surface area contributed by atoms with Crippen LogP contribution in [0.2, 0.25) is 0 Å². The molecule has 3 heterocycles. The van der Waals surface area contributed by atoms with Crippen molar-refractivity contribution in [1.82, 2.24) is 20.0 Å². The molecule has 1 aliphatic heterocycles. The number of rotatable bonds is 3. The summed E-state index contributed by atoms with van der Waals surface area (Å²) >= 11 is 0. The molecule has 0 bridgehead atoms. The van der Waals surface area contributed by atoms with Crippen LogP contribution in [0.4, 0.5) is 5.69 Å². The molecule has 0 radical (unpaired) electrons. The number of fused-ring (bicyclic) bond motifs is 2. The van der Waals surface area contributed by atoms with E-state index in [2.05, 4.69) is 15.3 Å². The smallest absolute Gasteiger partial charge is 0.197 e. The highest BCUT2D eigenvalue weighted by Gasteiger charge is 2.24. The summed E-state index contributed by atoms with van der Waals surface area (Å²) in [4.78, 5) is 17.8. The molecule has 7 heteroatoms. The standard InChI is InChI=1S/C22H21N5O2/c1-13-12-16(19(23)14-7-5-10-24-20(13)14)22(28)15-6-4-8-17-21(15)25-26-27(17)18-9-2-3-11-29-18/h4-8,10,12,18H,2-3,9,11,23H2,1H3. The number of carbonyl (C=O) groups excluding carboxylic acids is 1. The van der Waals surface area contributed by atoms with Crippen molar-refractivity contribution in [3.63, 3.8) is 0 Å². The van der Waals surface area contributed by atoms with Crippen molar-refractivity contribution < 1.29 is 9.53 Å². The van der Waals surface area contributed by atoms with Gasteiger partial charge in [-0.25, -0.2) is 4.68 Å². The summed E-state index contributed by atoms with van der Waals surface area (Å²) in [6.45, 7) is 2.65. The van der Waals surface area contributed by atoms with E-state index in [1.54, 1.807) is 23.0 Å². The minimum Gasteiger partial charge on any atom is -0.398 e. The number of nitrogens with two attached hydrogens (primary N) is 1. The van der Waals surface area contributed by atoms with E-state index in [4.69, 9.17) is 10.5 Å². The van der Waals surface area contributed by atoms with Crippen LogP contribution >= 0.6 is 0 Å². The van der Waals surface area contributed by atoms with E-state index in [-0.39, 0.29) is 12.0 Å². The van der Waals surface area contributed by atoms with Crippen molar-refractivity contribution in [2.45, 2.75) is 32.4 Å². The number of benzene rings is 2. The second-order valence-electron chi connectivity index (χ2n) is 7.41. The first kappa shape index (κ1) is 17.8. The van der Waals surface area contributed by atoms with Crippen LogP contribution in [0.15, 0.2) is 42.6 Å². The van der Waals surface area contributed by atoms with Gasteiger partial charge in [0.2, 0.25) is 0 Å². The van der Waals surface area contributed by atoms with Gasteiger partial charge in [-0.15, -0.1) is 5.10 Å². The molecule has 5 rings (SSSR count). The lowest BCUT2D eigenvalue weighted by molar-refractivity contribution is -0.0377. The first-order valence-corrected chi connectivity index (χ1v) is 9.79. The predicted octanol–water partition coefficient (Wildman–Crippen LogP) is 3.80. The number of nitrogen functional groups attached to an aromatic ring is 1. The number of aromatic nitrogens is 4. The Hall–Kier alpha value is -3.32. The van der Waals surface area contributed by atoms with Gasteiger partial charge in [-0.3, -0.25) is 9.78 Å². The lowest BCUT2D eigenvalue weighted by atomic mass is 9.96. The molecule has 4 aromatic rings. The summed E-state index contributed by atoms with van der Waals surface area (Å²) in [6, 6.07) is 11.1. The molecular formula is C22H21N5O2. The van der Waals surface area contributed by atoms with Gasteiger partial charge in [-0.1, -0.05) is 11.3 Å². The minimum absolute atomic E-state index is 0.141. The lowest BCUT2D eigenvalue weighted by Gasteiger charge is -2.22. The molecule has 1 aliphatic rings. The molecule has 0 saturated carbocycles. The number of hydrogen-bond acceptors (Lipinski definition) is 6. The van der Waals surface area contributed by atoms with Crippen molar-refractivity contribution in [3.05, 3.63) is 59.3 Å². The van der Waals surface area contributed by atoms with Crippen LogP contribution in [0.3, 0.4) is 0 Å². The van der Waals surface area contributed by atoms with E-state index in [1.165, 1.54) is 0 Å². The summed E-state index contributed by atoms with van der Waals surface area (Å²) in [5.41, 5.74) is 10.8. The second kappa shape index (κ2) is 6.93. The van der Waals surface area contributed by atoms with Crippen LogP contribution in [0.5, 0.6) is 0 Å². The number of anilines is 1. The third-order valence-electron chi connectivity index (χ3n) is 5.54. The van der Waals surface area contributed by atoms with Gasteiger partial charge in [-0.05, 0) is 62.1 Å². The summed E-state index contributed by atoms with van der Waals surface area (Å²) in [6.07, 6.45) is 4.62. The normalized spacial score (nSPS) is 17.1. The zero-order valence-corrected chi connectivity index (χ0v) is 16.1. The Balaban J connectivity index is 1.63. The number of ether oxygens (including phenoxy) is 1. The topological polar surface area (TPSA) is 95.9 Å². The zero-order valence-electron chi connectivity index (χ0n) is 16.1. The van der Waals surface area contributed by atoms with Crippen molar-refractivity contribution in [3.8, 4) is 0 Å². The number of hydrogen-bond donors (Lipinski definition) is 1. The largest absolute Gasteiger partial charge is 0.398 e. The molecule has 2 N–H and O–H groups in total. The van der Waals surface area contributed by atoms with Crippen LogP contribution in [0.25, 0.3) is 21.9 Å². The Labute approximate surface area is 167 Å². The molecule has 7 nitrogen and oxygen atoms in total. The van der Waals surface area contributed by atoms with Gasteiger partial charge >= 0.3 is 0 Å². The highest BCUT2D eigenvalue weighted by atomic mass is 16.5. The van der Waals surface area contributed by atoms with Crippen molar-refractivity contribution in [2.75, 3.05) is 12.3 Å². The Morgan fingerprint density at radius 1 is 1.17 bits per heavy atom. The van der Waals surface area contributed by atoms with Gasteiger partial charge < -0.3 is 10.5 Å². The quantitative estimate of drug-likeness (QED) is 0.424. The summed E-state index contributed by atoms with van der Waals surface area (Å²) < 4.78 is 7.63. The van der Waals surface area contributed by atoms with Gasteiger partial charge in [0.1, 0.15) is 5.52 Å². The van der Waals surface area contributed by atoms with E-state index in [1.807, 2.05) is 31.2 Å². The first-order valence-electron chi connectivity index (χ1n) is 9.79. The van der Waals surface area contributed by atoms with Crippen LogP contribution in [-0.4, -0.2) is 32.4 Å². The van der Waals surface area contributed by atoms with E-state index >= 15 is 0 Å². The molecule has 0 aliphatic carbocycles. The molecule has 29 heavy (non-hydrogen) atoms. The second-order valence-corrected chi connectivity index (χ2v) is 7.41. The Morgan fingerprint density at radius 2 is 2.07 bits per heavy atom. The molecule has 1 unspecified atom stereocenters. The zero-order chi connectivity index (χ0) is 20.0. The fourth-order valence-electron chi connectivity index (χ4n) is 4.05. The van der Waals surface area contributed by atoms with Crippen molar-refractivity contribution >= 4 is 33.4 Å². The first-order chi connectivity index (χ1) is 14.1. The molecule has 1 saturated heterocycles. The molecule has 1 atom stereocenters. The fraction of sp³-hybridized carbons (Fsp3) is 0.273. The Bertz CT molecular complexity index is 1240. The summed E-state index contributed by atoms with van der Waals surface area (Å²) in [5, 5.41) is 9.39.